The highest BCUT2D eigenvalue weighted by atomic mass is 28.4. The quantitative estimate of drug-likeness (QED) is 0.591. The number of hydrogen-bond acceptors (Lipinski definition) is 1. The molecule has 2 aromatic carbocycles. The molecule has 0 radical (unpaired) electrons. The van der Waals surface area contributed by atoms with Gasteiger partial charge in [-0.25, -0.2) is 0 Å². The average molecular weight is 269 g/mol. The summed E-state index contributed by atoms with van der Waals surface area (Å²) in [6, 6.07) is 20.1. The van der Waals surface area contributed by atoms with E-state index in [1.54, 1.807) is 12.3 Å². The molecule has 2 aromatic rings. The Kier molecular flexibility index (Phi) is 4.12. The summed E-state index contributed by atoms with van der Waals surface area (Å²) in [5, 5.41) is 1.26. The van der Waals surface area contributed by atoms with E-state index in [2.05, 4.69) is 25.2 Å². The fourth-order valence-corrected chi connectivity index (χ4v) is 3.38. The lowest BCUT2D eigenvalue weighted by molar-refractivity contribution is 0.484. The molecule has 0 amide bonds. The van der Waals surface area contributed by atoms with E-state index in [4.69, 9.17) is 5.80 Å². The van der Waals surface area contributed by atoms with Gasteiger partial charge in [-0.2, -0.15) is 0 Å². The molecule has 98 valence electrons. The van der Waals surface area contributed by atoms with Crippen LogP contribution in [0.5, 0.6) is 0 Å². The zero-order chi connectivity index (χ0) is 14.4. The van der Waals surface area contributed by atoms with Crippen molar-refractivity contribution in [3.63, 3.8) is 0 Å². The molecule has 0 heterocycles. The first-order chi connectivity index (χ1) is 9.59. The van der Waals surface area contributed by atoms with Gasteiger partial charge in [0, 0.05) is 1.37 Å². The van der Waals surface area contributed by atoms with Gasteiger partial charge in [-0.1, -0.05) is 60.7 Å². The Hall–Kier alpha value is -1.80. The fraction of sp³-hybridized carbons (Fsp3) is 0.176. The van der Waals surface area contributed by atoms with Crippen LogP contribution in [0.2, 0.25) is 13.1 Å². The van der Waals surface area contributed by atoms with Crippen molar-refractivity contribution in [2.45, 2.75) is 19.5 Å². The van der Waals surface area contributed by atoms with Gasteiger partial charge in [-0.15, -0.1) is 0 Å². The van der Waals surface area contributed by atoms with Crippen molar-refractivity contribution in [2.75, 3.05) is 0 Å². The number of allylic oxidation sites excluding steroid dienone is 1. The molecule has 1 nitrogen and oxygen atoms in total. The van der Waals surface area contributed by atoms with E-state index in [0.29, 0.717) is 0 Å². The van der Waals surface area contributed by atoms with Crippen LogP contribution in [-0.2, 0) is 10.8 Å². The van der Waals surface area contributed by atoms with Crippen LogP contribution >= 0.6 is 0 Å². The summed E-state index contributed by atoms with van der Waals surface area (Å²) in [4.78, 5) is 0. The van der Waals surface area contributed by atoms with Crippen LogP contribution in [0.25, 0.3) is 0 Å². The smallest absolute Gasteiger partial charge is 0.276 e. The standard InChI is InChI=1S/C17H20OSi/c1-19(2,17-13-7-4-8-14-17)18-15-9-12-16-10-5-3-6-11-16/h3-11,13-15H,12H2,1-2H3/b15-9+/i12D. The zero-order valence-electron chi connectivity index (χ0n) is 12.4. The van der Waals surface area contributed by atoms with Crippen molar-refractivity contribution in [1.82, 2.24) is 0 Å². The summed E-state index contributed by atoms with van der Waals surface area (Å²) < 4.78 is 14.0. The molecular weight excluding hydrogens is 248 g/mol. The van der Waals surface area contributed by atoms with E-state index in [1.807, 2.05) is 48.5 Å². The van der Waals surface area contributed by atoms with Gasteiger partial charge < -0.3 is 4.43 Å². The maximum absolute atomic E-state index is 8.07. The van der Waals surface area contributed by atoms with Gasteiger partial charge in [-0.3, -0.25) is 0 Å². The minimum Gasteiger partial charge on any atom is -0.545 e. The molecule has 19 heavy (non-hydrogen) atoms. The largest absolute Gasteiger partial charge is 0.545 e. The van der Waals surface area contributed by atoms with Crippen molar-refractivity contribution in [3.05, 3.63) is 78.6 Å². The molecule has 0 aliphatic heterocycles. The second-order valence-corrected chi connectivity index (χ2v) is 8.73. The first-order valence-electron chi connectivity index (χ1n) is 7.04. The topological polar surface area (TPSA) is 9.23 Å². The molecule has 0 aliphatic rings. The molecule has 0 spiro atoms. The van der Waals surface area contributed by atoms with Gasteiger partial charge in [-0.05, 0) is 36.3 Å². The maximum atomic E-state index is 8.07. The first-order valence-corrected chi connectivity index (χ1v) is 9.37. The number of benzene rings is 2. The molecule has 2 heteroatoms. The lowest BCUT2D eigenvalue weighted by Gasteiger charge is -2.21. The molecule has 0 fully saturated rings. The second kappa shape index (κ2) is 6.39. The Morgan fingerprint density at radius 3 is 2.21 bits per heavy atom. The van der Waals surface area contributed by atoms with Crippen LogP contribution in [-0.4, -0.2) is 8.32 Å². The second-order valence-electron chi connectivity index (χ2n) is 4.90. The summed E-state index contributed by atoms with van der Waals surface area (Å²) >= 11 is 0. The molecule has 0 saturated carbocycles. The third-order valence-electron chi connectivity index (χ3n) is 3.00. The highest BCUT2D eigenvalue weighted by Crippen LogP contribution is 2.07. The fourth-order valence-electron chi connectivity index (χ4n) is 1.83. The molecule has 0 saturated heterocycles. The van der Waals surface area contributed by atoms with Gasteiger partial charge in [0.25, 0.3) is 8.32 Å². The molecule has 0 aromatic heterocycles. The van der Waals surface area contributed by atoms with E-state index in [0.717, 1.165) is 5.56 Å². The average Bonchev–Trinajstić information content (AvgIpc) is 2.49. The summed E-state index contributed by atoms with van der Waals surface area (Å²) in [7, 11) is -1.92. The van der Waals surface area contributed by atoms with Gasteiger partial charge in [0.05, 0.1) is 6.26 Å². The molecule has 0 bridgehead atoms. The monoisotopic (exact) mass is 269 g/mol. The van der Waals surface area contributed by atoms with Crippen LogP contribution in [0.3, 0.4) is 0 Å². The van der Waals surface area contributed by atoms with Crippen LogP contribution in [0.4, 0.5) is 0 Å². The van der Waals surface area contributed by atoms with Crippen LogP contribution in [0, 0.1) is 0 Å². The predicted octanol–water partition coefficient (Wildman–Crippen LogP) is 3.87. The Morgan fingerprint density at radius 1 is 1.00 bits per heavy atom. The highest BCUT2D eigenvalue weighted by molar-refractivity contribution is 6.84. The normalized spacial score (nSPS) is 14.1. The van der Waals surface area contributed by atoms with Gasteiger partial charge in [0.1, 0.15) is 0 Å². The van der Waals surface area contributed by atoms with Crippen molar-refractivity contribution in [1.29, 1.82) is 0 Å². The maximum Gasteiger partial charge on any atom is 0.276 e. The van der Waals surface area contributed by atoms with Gasteiger partial charge in [0.15, 0.2) is 0 Å². The summed E-state index contributed by atoms with van der Waals surface area (Å²) in [6.07, 6.45) is 3.12. The number of rotatable bonds is 5. The predicted molar refractivity (Wildman–Crippen MR) is 83.9 cm³/mol. The Balaban J connectivity index is 1.99. The van der Waals surface area contributed by atoms with Crippen LogP contribution in [0.1, 0.15) is 6.93 Å². The third-order valence-corrected chi connectivity index (χ3v) is 5.45. The van der Waals surface area contributed by atoms with E-state index in [-0.39, 0.29) is 6.40 Å². The summed E-state index contributed by atoms with van der Waals surface area (Å²) in [5.41, 5.74) is 0.978. The molecule has 0 aliphatic carbocycles. The highest BCUT2D eigenvalue weighted by Gasteiger charge is 2.24. The van der Waals surface area contributed by atoms with Crippen molar-refractivity contribution in [3.8, 4) is 0 Å². The summed E-state index contributed by atoms with van der Waals surface area (Å²) in [5.74, 6) is 0. The lowest BCUT2D eigenvalue weighted by atomic mass is 10.2. The molecule has 2 rings (SSSR count). The SMILES string of the molecule is [2H]C(/C=C/O[Si](C)(C)c1ccccc1)c1ccccc1. The molecule has 1 atom stereocenters. The van der Waals surface area contributed by atoms with Gasteiger partial charge in [0.2, 0.25) is 0 Å². The third kappa shape index (κ3) is 4.11. The summed E-state index contributed by atoms with van der Waals surface area (Å²) in [6.45, 7) is 4.32. The zero-order valence-corrected chi connectivity index (χ0v) is 12.4. The van der Waals surface area contributed by atoms with E-state index < -0.39 is 8.32 Å². The van der Waals surface area contributed by atoms with E-state index in [9.17, 15) is 0 Å². The molecular formula is C17H20OSi. The Morgan fingerprint density at radius 2 is 1.58 bits per heavy atom. The molecule has 1 unspecified atom stereocenters. The van der Waals surface area contributed by atoms with Crippen LogP contribution in [0.15, 0.2) is 73.0 Å². The van der Waals surface area contributed by atoms with Crippen molar-refractivity contribution in [2.24, 2.45) is 0 Å². The van der Waals surface area contributed by atoms with E-state index in [1.165, 1.54) is 5.19 Å². The van der Waals surface area contributed by atoms with E-state index >= 15 is 0 Å². The van der Waals surface area contributed by atoms with Crippen molar-refractivity contribution >= 4 is 13.5 Å². The van der Waals surface area contributed by atoms with Crippen LogP contribution < -0.4 is 5.19 Å². The first kappa shape index (κ1) is 12.2. The Labute approximate surface area is 118 Å². The Bertz CT molecular complexity index is 552. The minimum absolute atomic E-state index is 0.378. The minimum atomic E-state index is -1.92. The number of hydrogen-bond donors (Lipinski definition) is 0. The lowest BCUT2D eigenvalue weighted by Crippen LogP contribution is -2.43. The molecule has 0 N–H and O–H groups in total. The van der Waals surface area contributed by atoms with Gasteiger partial charge >= 0.3 is 0 Å². The van der Waals surface area contributed by atoms with Crippen molar-refractivity contribution < 1.29 is 5.80 Å².